The number of aliphatic hydroxyl groups excluding tert-OH is 2. The van der Waals surface area contributed by atoms with Crippen molar-refractivity contribution in [2.75, 3.05) is 39.5 Å². The first-order valence-corrected chi connectivity index (χ1v) is 6.75. The number of ether oxygens (including phenoxy) is 2. The van der Waals surface area contributed by atoms with Gasteiger partial charge in [0.05, 0.1) is 38.6 Å². The van der Waals surface area contributed by atoms with Gasteiger partial charge in [-0.1, -0.05) is 13.8 Å². The number of rotatable bonds is 12. The highest BCUT2D eigenvalue weighted by Gasteiger charge is 2.09. The molecule has 0 amide bonds. The molecule has 2 atom stereocenters. The van der Waals surface area contributed by atoms with Gasteiger partial charge in [0, 0.05) is 13.1 Å². The van der Waals surface area contributed by atoms with E-state index in [9.17, 15) is 5.11 Å². The van der Waals surface area contributed by atoms with E-state index in [0.29, 0.717) is 38.8 Å². The summed E-state index contributed by atoms with van der Waals surface area (Å²) >= 11 is 0. The molecular formula is C13H29NO4. The average molecular weight is 263 g/mol. The first-order valence-electron chi connectivity index (χ1n) is 6.75. The Hall–Kier alpha value is -0.200. The van der Waals surface area contributed by atoms with Gasteiger partial charge in [0.25, 0.3) is 0 Å². The maximum Gasteiger partial charge on any atom is 0.0897 e. The molecule has 0 radical (unpaired) electrons. The second-order valence-corrected chi connectivity index (χ2v) is 4.97. The zero-order valence-electron chi connectivity index (χ0n) is 11.9. The van der Waals surface area contributed by atoms with Gasteiger partial charge in [-0.25, -0.2) is 0 Å². The topological polar surface area (TPSA) is 71.0 Å². The van der Waals surface area contributed by atoms with Crippen molar-refractivity contribution in [2.24, 2.45) is 5.92 Å². The standard InChI is InChI=1S/C13H29NO4/c1-11(2)8-12(3)18-10-13(16)9-14-4-6-17-7-5-15/h11-16H,4-10H2,1-3H3. The van der Waals surface area contributed by atoms with Crippen molar-refractivity contribution in [2.45, 2.75) is 39.4 Å². The van der Waals surface area contributed by atoms with Crippen LogP contribution in [0.3, 0.4) is 0 Å². The van der Waals surface area contributed by atoms with Gasteiger partial charge < -0.3 is 25.0 Å². The summed E-state index contributed by atoms with van der Waals surface area (Å²) in [7, 11) is 0. The van der Waals surface area contributed by atoms with Gasteiger partial charge in [-0.2, -0.15) is 0 Å². The molecule has 0 fully saturated rings. The van der Waals surface area contributed by atoms with E-state index in [2.05, 4.69) is 19.2 Å². The third-order valence-electron chi connectivity index (χ3n) is 2.42. The molecule has 0 aromatic rings. The largest absolute Gasteiger partial charge is 0.394 e. The van der Waals surface area contributed by atoms with Gasteiger partial charge >= 0.3 is 0 Å². The predicted octanol–water partition coefficient (Wildman–Crippen LogP) is 0.397. The van der Waals surface area contributed by atoms with Crippen LogP contribution in [0.4, 0.5) is 0 Å². The maximum atomic E-state index is 9.67. The highest BCUT2D eigenvalue weighted by atomic mass is 16.5. The molecule has 5 nitrogen and oxygen atoms in total. The number of hydrogen-bond donors (Lipinski definition) is 3. The Morgan fingerprint density at radius 1 is 1.17 bits per heavy atom. The molecule has 110 valence electrons. The van der Waals surface area contributed by atoms with Crippen LogP contribution < -0.4 is 5.32 Å². The molecule has 0 bridgehead atoms. The summed E-state index contributed by atoms with van der Waals surface area (Å²) in [5.74, 6) is 0.610. The van der Waals surface area contributed by atoms with Gasteiger partial charge in [-0.05, 0) is 19.3 Å². The van der Waals surface area contributed by atoms with E-state index < -0.39 is 6.10 Å². The molecule has 18 heavy (non-hydrogen) atoms. The zero-order chi connectivity index (χ0) is 13.8. The summed E-state index contributed by atoms with van der Waals surface area (Å²) in [6, 6.07) is 0. The van der Waals surface area contributed by atoms with Crippen molar-refractivity contribution >= 4 is 0 Å². The summed E-state index contributed by atoms with van der Waals surface area (Å²) < 4.78 is 10.6. The minimum absolute atomic E-state index is 0.0458. The minimum Gasteiger partial charge on any atom is -0.394 e. The summed E-state index contributed by atoms with van der Waals surface area (Å²) in [4.78, 5) is 0. The van der Waals surface area contributed by atoms with Crippen LogP contribution in [-0.2, 0) is 9.47 Å². The molecule has 0 aliphatic heterocycles. The maximum absolute atomic E-state index is 9.67. The van der Waals surface area contributed by atoms with Gasteiger partial charge in [0.15, 0.2) is 0 Å². The molecule has 0 aliphatic rings. The lowest BCUT2D eigenvalue weighted by atomic mass is 10.1. The normalized spacial score (nSPS) is 15.0. The first kappa shape index (κ1) is 17.8. The highest BCUT2D eigenvalue weighted by Crippen LogP contribution is 2.07. The molecule has 0 heterocycles. The highest BCUT2D eigenvalue weighted by molar-refractivity contribution is 4.61. The zero-order valence-corrected chi connectivity index (χ0v) is 11.9. The Bertz CT molecular complexity index is 178. The minimum atomic E-state index is -0.488. The smallest absolute Gasteiger partial charge is 0.0897 e. The number of nitrogens with one attached hydrogen (secondary N) is 1. The van der Waals surface area contributed by atoms with Crippen LogP contribution in [-0.4, -0.2) is 61.9 Å². The molecule has 0 saturated heterocycles. The Balaban J connectivity index is 3.34. The molecule has 0 saturated carbocycles. The van der Waals surface area contributed by atoms with Crippen molar-refractivity contribution in [3.05, 3.63) is 0 Å². The van der Waals surface area contributed by atoms with E-state index in [4.69, 9.17) is 14.6 Å². The molecule has 3 N–H and O–H groups in total. The SMILES string of the molecule is CC(C)CC(C)OCC(O)CNCCOCCO. The first-order chi connectivity index (χ1) is 8.56. The summed E-state index contributed by atoms with van der Waals surface area (Å²) in [5.41, 5.74) is 0. The van der Waals surface area contributed by atoms with Crippen LogP contribution in [0.1, 0.15) is 27.2 Å². The second kappa shape index (κ2) is 11.9. The Morgan fingerprint density at radius 2 is 1.89 bits per heavy atom. The van der Waals surface area contributed by atoms with Crippen molar-refractivity contribution in [3.8, 4) is 0 Å². The van der Waals surface area contributed by atoms with Crippen molar-refractivity contribution < 1.29 is 19.7 Å². The third-order valence-corrected chi connectivity index (χ3v) is 2.42. The molecule has 0 aromatic heterocycles. The Labute approximate surface area is 110 Å². The van der Waals surface area contributed by atoms with Gasteiger partial charge in [0.2, 0.25) is 0 Å². The van der Waals surface area contributed by atoms with Crippen molar-refractivity contribution in [1.29, 1.82) is 0 Å². The van der Waals surface area contributed by atoms with E-state index in [-0.39, 0.29) is 12.7 Å². The van der Waals surface area contributed by atoms with Crippen LogP contribution in [0.5, 0.6) is 0 Å². The van der Waals surface area contributed by atoms with E-state index in [0.717, 1.165) is 6.42 Å². The second-order valence-electron chi connectivity index (χ2n) is 4.97. The fourth-order valence-corrected chi connectivity index (χ4v) is 1.65. The van der Waals surface area contributed by atoms with Gasteiger partial charge in [0.1, 0.15) is 0 Å². The van der Waals surface area contributed by atoms with Crippen LogP contribution in [0.25, 0.3) is 0 Å². The van der Waals surface area contributed by atoms with Crippen molar-refractivity contribution in [1.82, 2.24) is 5.32 Å². The van der Waals surface area contributed by atoms with E-state index in [1.54, 1.807) is 0 Å². The fourth-order valence-electron chi connectivity index (χ4n) is 1.65. The fraction of sp³-hybridized carbons (Fsp3) is 1.00. The Kier molecular flexibility index (Phi) is 11.7. The summed E-state index contributed by atoms with van der Waals surface area (Å²) in [6.45, 7) is 8.81. The number of hydrogen-bond acceptors (Lipinski definition) is 5. The van der Waals surface area contributed by atoms with E-state index in [1.165, 1.54) is 0 Å². The lowest BCUT2D eigenvalue weighted by Crippen LogP contribution is -2.33. The molecule has 0 rings (SSSR count). The number of aliphatic hydroxyl groups is 2. The summed E-state index contributed by atoms with van der Waals surface area (Å²) in [6.07, 6.45) is 0.708. The quantitative estimate of drug-likeness (QED) is 0.445. The van der Waals surface area contributed by atoms with Crippen LogP contribution in [0.15, 0.2) is 0 Å². The monoisotopic (exact) mass is 263 g/mol. The van der Waals surface area contributed by atoms with Crippen LogP contribution in [0.2, 0.25) is 0 Å². The molecule has 0 aromatic carbocycles. The molecule has 0 spiro atoms. The van der Waals surface area contributed by atoms with Crippen molar-refractivity contribution in [3.63, 3.8) is 0 Å². The lowest BCUT2D eigenvalue weighted by molar-refractivity contribution is -0.00908. The molecular weight excluding hydrogens is 234 g/mol. The predicted molar refractivity (Wildman–Crippen MR) is 71.7 cm³/mol. The molecule has 0 aliphatic carbocycles. The average Bonchev–Trinajstić information content (AvgIpc) is 2.30. The van der Waals surface area contributed by atoms with Gasteiger partial charge in [-0.15, -0.1) is 0 Å². The summed E-state index contributed by atoms with van der Waals surface area (Å²) in [5, 5.41) is 21.2. The van der Waals surface area contributed by atoms with Crippen LogP contribution >= 0.6 is 0 Å². The Morgan fingerprint density at radius 3 is 2.50 bits per heavy atom. The van der Waals surface area contributed by atoms with Crippen LogP contribution in [0, 0.1) is 5.92 Å². The lowest BCUT2D eigenvalue weighted by Gasteiger charge is -2.18. The third kappa shape index (κ3) is 12.3. The molecule has 2 unspecified atom stereocenters. The van der Waals surface area contributed by atoms with E-state index in [1.807, 2.05) is 6.92 Å². The van der Waals surface area contributed by atoms with E-state index >= 15 is 0 Å². The van der Waals surface area contributed by atoms with Gasteiger partial charge in [-0.3, -0.25) is 0 Å². The molecule has 5 heteroatoms.